The average molecular weight is 452 g/mol. The fraction of sp³-hybridized carbons (Fsp3) is 0.0909. The van der Waals surface area contributed by atoms with E-state index < -0.39 is 16.6 Å². The molecular formula is C22H17FN4O4S. The molecule has 0 saturated carbocycles. The predicted octanol–water partition coefficient (Wildman–Crippen LogP) is 4.81. The minimum atomic E-state index is -0.528. The number of aromatic nitrogens is 2. The maximum atomic E-state index is 13.8. The molecule has 0 atom stereocenters. The largest absolute Gasteiger partial charge is 0.495 e. The number of carbonyl (C=O) groups is 1. The summed E-state index contributed by atoms with van der Waals surface area (Å²) >= 11 is 1.13. The number of nitro groups is 1. The molecule has 0 saturated heterocycles. The number of thioether (sulfide) groups is 1. The molecule has 0 aliphatic heterocycles. The third-order valence-electron chi connectivity index (χ3n) is 4.62. The molecule has 0 aliphatic carbocycles. The number of nitrogens with one attached hydrogen (secondary N) is 1. The van der Waals surface area contributed by atoms with Gasteiger partial charge >= 0.3 is 0 Å². The monoisotopic (exact) mass is 452 g/mol. The Kier molecular flexibility index (Phi) is 6.04. The number of imidazole rings is 1. The van der Waals surface area contributed by atoms with E-state index in [1.165, 1.54) is 37.4 Å². The van der Waals surface area contributed by atoms with Gasteiger partial charge < -0.3 is 10.1 Å². The van der Waals surface area contributed by atoms with Crippen LogP contribution in [0.15, 0.2) is 71.9 Å². The molecule has 32 heavy (non-hydrogen) atoms. The number of rotatable bonds is 7. The van der Waals surface area contributed by atoms with Crippen LogP contribution in [0.2, 0.25) is 0 Å². The average Bonchev–Trinajstić information content (AvgIpc) is 3.16. The Hall–Kier alpha value is -3.92. The molecule has 1 amide bonds. The Morgan fingerprint density at radius 3 is 2.69 bits per heavy atom. The predicted molar refractivity (Wildman–Crippen MR) is 120 cm³/mol. The molecule has 3 aromatic carbocycles. The summed E-state index contributed by atoms with van der Waals surface area (Å²) in [5, 5.41) is 14.2. The molecular weight excluding hydrogens is 435 g/mol. The summed E-state index contributed by atoms with van der Waals surface area (Å²) in [7, 11) is 1.54. The normalized spacial score (nSPS) is 10.8. The number of halogens is 1. The Balaban J connectivity index is 1.70. The summed E-state index contributed by atoms with van der Waals surface area (Å²) in [5.74, 6) is -0.415. The van der Waals surface area contributed by atoms with Gasteiger partial charge in [0.05, 0.1) is 40.2 Å². The van der Waals surface area contributed by atoms with Crippen LogP contribution >= 0.6 is 11.8 Å². The van der Waals surface area contributed by atoms with Gasteiger partial charge in [0.1, 0.15) is 11.6 Å². The van der Waals surface area contributed by atoms with Crippen molar-refractivity contribution >= 4 is 40.1 Å². The van der Waals surface area contributed by atoms with Gasteiger partial charge in [-0.1, -0.05) is 36.0 Å². The van der Waals surface area contributed by atoms with E-state index in [1.54, 1.807) is 22.8 Å². The Bertz CT molecular complexity index is 1320. The number of hydrogen-bond acceptors (Lipinski definition) is 6. The van der Waals surface area contributed by atoms with Gasteiger partial charge in [-0.25, -0.2) is 9.37 Å². The molecule has 0 radical (unpaired) electrons. The van der Waals surface area contributed by atoms with E-state index in [1.807, 2.05) is 18.2 Å². The molecule has 10 heteroatoms. The van der Waals surface area contributed by atoms with Gasteiger partial charge in [0.25, 0.3) is 5.69 Å². The Morgan fingerprint density at radius 2 is 1.94 bits per heavy atom. The van der Waals surface area contributed by atoms with Crippen LogP contribution in [0.25, 0.3) is 16.7 Å². The van der Waals surface area contributed by atoms with Crippen LogP contribution < -0.4 is 10.1 Å². The zero-order valence-corrected chi connectivity index (χ0v) is 17.6. The third-order valence-corrected chi connectivity index (χ3v) is 5.56. The standard InChI is InChI=1S/C22H17FN4O4S/c1-31-20-9-5-4-8-19(20)26-18-11-10-14(27(29)30)12-17(18)25-22(26)32-13-21(28)24-16-7-3-2-6-15(16)23/h2-12H,13H2,1H3,(H,24,28). The van der Waals surface area contributed by atoms with Gasteiger partial charge in [0, 0.05) is 12.1 Å². The van der Waals surface area contributed by atoms with Gasteiger partial charge in [0.15, 0.2) is 5.16 Å². The van der Waals surface area contributed by atoms with E-state index in [0.29, 0.717) is 27.6 Å². The van der Waals surface area contributed by atoms with E-state index in [9.17, 15) is 19.3 Å². The minimum Gasteiger partial charge on any atom is -0.495 e. The highest BCUT2D eigenvalue weighted by Crippen LogP contribution is 2.33. The van der Waals surface area contributed by atoms with Crippen molar-refractivity contribution in [3.8, 4) is 11.4 Å². The lowest BCUT2D eigenvalue weighted by molar-refractivity contribution is -0.384. The first-order valence-corrected chi connectivity index (χ1v) is 10.4. The van der Waals surface area contributed by atoms with Crippen molar-refractivity contribution in [1.82, 2.24) is 9.55 Å². The zero-order valence-electron chi connectivity index (χ0n) is 16.8. The number of para-hydroxylation sites is 3. The van der Waals surface area contributed by atoms with E-state index in [0.717, 1.165) is 11.8 Å². The van der Waals surface area contributed by atoms with E-state index in [4.69, 9.17) is 4.74 Å². The zero-order chi connectivity index (χ0) is 22.7. The van der Waals surface area contributed by atoms with Crippen molar-refractivity contribution < 1.29 is 18.8 Å². The highest BCUT2D eigenvalue weighted by molar-refractivity contribution is 7.99. The molecule has 0 bridgehead atoms. The molecule has 8 nitrogen and oxygen atoms in total. The number of anilines is 1. The Morgan fingerprint density at radius 1 is 1.19 bits per heavy atom. The summed E-state index contributed by atoms with van der Waals surface area (Å²) in [6, 6.07) is 17.5. The number of methoxy groups -OCH3 is 1. The van der Waals surface area contributed by atoms with Crippen molar-refractivity contribution in [2.45, 2.75) is 5.16 Å². The number of nitro benzene ring substituents is 1. The number of non-ortho nitro benzene ring substituents is 1. The molecule has 4 rings (SSSR count). The van der Waals surface area contributed by atoms with Crippen LogP contribution in [-0.2, 0) is 4.79 Å². The number of ether oxygens (including phenoxy) is 1. The molecule has 162 valence electrons. The van der Waals surface area contributed by atoms with Crippen LogP contribution in [0.5, 0.6) is 5.75 Å². The van der Waals surface area contributed by atoms with Crippen LogP contribution in [0.3, 0.4) is 0 Å². The lowest BCUT2D eigenvalue weighted by atomic mass is 10.2. The first-order valence-electron chi connectivity index (χ1n) is 9.45. The first kappa shape index (κ1) is 21.3. The number of fused-ring (bicyclic) bond motifs is 1. The number of benzene rings is 3. The lowest BCUT2D eigenvalue weighted by Gasteiger charge is -2.13. The molecule has 1 N–H and O–H groups in total. The Labute approximate surface area is 186 Å². The number of nitrogens with zero attached hydrogens (tertiary/aromatic N) is 3. The van der Waals surface area contributed by atoms with Gasteiger partial charge in [0.2, 0.25) is 5.91 Å². The molecule has 0 fully saturated rings. The van der Waals surface area contributed by atoms with Gasteiger partial charge in [-0.15, -0.1) is 0 Å². The van der Waals surface area contributed by atoms with E-state index in [2.05, 4.69) is 10.3 Å². The van der Waals surface area contributed by atoms with Crippen molar-refractivity contribution in [1.29, 1.82) is 0 Å². The van der Waals surface area contributed by atoms with Crippen molar-refractivity contribution in [2.75, 3.05) is 18.2 Å². The van der Waals surface area contributed by atoms with Crippen LogP contribution in [0, 0.1) is 15.9 Å². The first-order chi connectivity index (χ1) is 15.5. The highest BCUT2D eigenvalue weighted by atomic mass is 32.2. The van der Waals surface area contributed by atoms with E-state index >= 15 is 0 Å². The molecule has 4 aromatic rings. The summed E-state index contributed by atoms with van der Waals surface area (Å²) in [6.45, 7) is 0. The maximum absolute atomic E-state index is 13.8. The summed E-state index contributed by atoms with van der Waals surface area (Å²) in [6.07, 6.45) is 0. The summed E-state index contributed by atoms with van der Waals surface area (Å²) in [5.41, 5.74) is 1.70. The second kappa shape index (κ2) is 9.06. The fourth-order valence-corrected chi connectivity index (χ4v) is 4.00. The van der Waals surface area contributed by atoms with Crippen LogP contribution in [0.1, 0.15) is 0 Å². The molecule has 0 unspecified atom stereocenters. The van der Waals surface area contributed by atoms with Crippen LogP contribution in [-0.4, -0.2) is 33.2 Å². The molecule has 1 heterocycles. The van der Waals surface area contributed by atoms with Crippen molar-refractivity contribution in [2.24, 2.45) is 0 Å². The van der Waals surface area contributed by atoms with Crippen molar-refractivity contribution in [3.63, 3.8) is 0 Å². The number of amides is 1. The third kappa shape index (κ3) is 4.26. The van der Waals surface area contributed by atoms with Gasteiger partial charge in [-0.3, -0.25) is 19.5 Å². The van der Waals surface area contributed by atoms with Crippen molar-refractivity contribution in [3.05, 3.63) is 82.7 Å². The maximum Gasteiger partial charge on any atom is 0.271 e. The highest BCUT2D eigenvalue weighted by Gasteiger charge is 2.19. The lowest BCUT2D eigenvalue weighted by Crippen LogP contribution is -2.15. The topological polar surface area (TPSA) is 99.3 Å². The quantitative estimate of drug-likeness (QED) is 0.245. The summed E-state index contributed by atoms with van der Waals surface area (Å²) < 4.78 is 21.1. The van der Waals surface area contributed by atoms with Gasteiger partial charge in [-0.2, -0.15) is 0 Å². The summed E-state index contributed by atoms with van der Waals surface area (Å²) in [4.78, 5) is 27.6. The van der Waals surface area contributed by atoms with Crippen LogP contribution in [0.4, 0.5) is 15.8 Å². The SMILES string of the molecule is COc1ccccc1-n1c(SCC(=O)Nc2ccccc2F)nc2cc([N+](=O)[O-])ccc21. The number of carbonyl (C=O) groups excluding carboxylic acids is 1. The minimum absolute atomic E-state index is 0.0467. The second-order valence-electron chi connectivity index (χ2n) is 6.65. The molecule has 0 aliphatic rings. The van der Waals surface area contributed by atoms with Gasteiger partial charge in [-0.05, 0) is 30.3 Å². The molecule has 1 aromatic heterocycles. The fourth-order valence-electron chi connectivity index (χ4n) is 3.18. The number of hydrogen-bond donors (Lipinski definition) is 1. The van der Waals surface area contributed by atoms with E-state index in [-0.39, 0.29) is 17.1 Å². The smallest absolute Gasteiger partial charge is 0.271 e. The second-order valence-corrected chi connectivity index (χ2v) is 7.59. The molecule has 0 spiro atoms.